The van der Waals surface area contributed by atoms with E-state index in [0.717, 1.165) is 23.5 Å². The minimum atomic E-state index is 0.493. The molecule has 0 bridgehead atoms. The van der Waals surface area contributed by atoms with Gasteiger partial charge in [0.15, 0.2) is 0 Å². The zero-order chi connectivity index (χ0) is 19.4. The highest BCUT2D eigenvalue weighted by Crippen LogP contribution is 2.20. The van der Waals surface area contributed by atoms with Crippen molar-refractivity contribution >= 4 is 5.71 Å². The smallest absolute Gasteiger partial charge is 0.0454 e. The SMILES string of the molecule is C=C/C(C)=C(C)/N=C(\C=C(/C)NCc1cccnc1)C(CCC)CCC. The van der Waals surface area contributed by atoms with Crippen LogP contribution in [-0.2, 0) is 6.54 Å². The van der Waals surface area contributed by atoms with Crippen LogP contribution in [0.2, 0.25) is 0 Å². The maximum atomic E-state index is 4.98. The van der Waals surface area contributed by atoms with Crippen LogP contribution >= 0.6 is 0 Å². The Bertz CT molecular complexity index is 633. The second-order valence-electron chi connectivity index (χ2n) is 6.83. The fourth-order valence-electron chi connectivity index (χ4n) is 2.83. The van der Waals surface area contributed by atoms with Crippen LogP contribution < -0.4 is 5.32 Å². The Morgan fingerprint density at radius 2 is 1.92 bits per heavy atom. The molecule has 0 aromatic carbocycles. The molecule has 1 heterocycles. The van der Waals surface area contributed by atoms with E-state index >= 15 is 0 Å². The number of hydrogen-bond acceptors (Lipinski definition) is 3. The highest BCUT2D eigenvalue weighted by atomic mass is 14.9. The Kier molecular flexibility index (Phi) is 10.3. The van der Waals surface area contributed by atoms with Crippen LogP contribution in [0.25, 0.3) is 0 Å². The van der Waals surface area contributed by atoms with E-state index in [4.69, 9.17) is 4.99 Å². The minimum absolute atomic E-state index is 0.493. The van der Waals surface area contributed by atoms with Gasteiger partial charge in [0.1, 0.15) is 0 Å². The monoisotopic (exact) mass is 353 g/mol. The van der Waals surface area contributed by atoms with Crippen LogP contribution in [-0.4, -0.2) is 10.7 Å². The van der Waals surface area contributed by atoms with Crippen LogP contribution in [0, 0.1) is 5.92 Å². The Balaban J connectivity index is 3.05. The maximum Gasteiger partial charge on any atom is 0.0454 e. The lowest BCUT2D eigenvalue weighted by molar-refractivity contribution is 0.559. The number of rotatable bonds is 11. The van der Waals surface area contributed by atoms with Crippen LogP contribution in [0.3, 0.4) is 0 Å². The van der Waals surface area contributed by atoms with Gasteiger partial charge in [-0.2, -0.15) is 0 Å². The molecule has 0 aliphatic carbocycles. The first-order valence-corrected chi connectivity index (χ1v) is 9.71. The summed E-state index contributed by atoms with van der Waals surface area (Å²) in [7, 11) is 0. The third-order valence-electron chi connectivity index (χ3n) is 4.52. The molecule has 1 aromatic heterocycles. The van der Waals surface area contributed by atoms with E-state index < -0.39 is 0 Å². The average Bonchev–Trinajstić information content (AvgIpc) is 2.65. The van der Waals surface area contributed by atoms with E-state index in [1.165, 1.54) is 37.0 Å². The van der Waals surface area contributed by atoms with Crippen LogP contribution in [0.4, 0.5) is 0 Å². The molecule has 0 fully saturated rings. The van der Waals surface area contributed by atoms with E-state index in [0.29, 0.717) is 5.92 Å². The molecule has 3 nitrogen and oxygen atoms in total. The van der Waals surface area contributed by atoms with E-state index in [-0.39, 0.29) is 0 Å². The van der Waals surface area contributed by atoms with Crippen molar-refractivity contribution in [1.82, 2.24) is 10.3 Å². The van der Waals surface area contributed by atoms with Gasteiger partial charge < -0.3 is 5.32 Å². The fourth-order valence-corrected chi connectivity index (χ4v) is 2.83. The molecule has 3 heteroatoms. The van der Waals surface area contributed by atoms with Gasteiger partial charge in [0.05, 0.1) is 0 Å². The van der Waals surface area contributed by atoms with Crippen molar-refractivity contribution in [2.24, 2.45) is 10.9 Å². The Hall–Kier alpha value is -2.16. The zero-order valence-corrected chi connectivity index (χ0v) is 17.2. The van der Waals surface area contributed by atoms with Crippen molar-refractivity contribution in [3.63, 3.8) is 0 Å². The van der Waals surface area contributed by atoms with Gasteiger partial charge in [0, 0.05) is 42.0 Å². The summed E-state index contributed by atoms with van der Waals surface area (Å²) in [4.78, 5) is 9.15. The molecule has 0 saturated carbocycles. The van der Waals surface area contributed by atoms with Crippen LogP contribution in [0.1, 0.15) is 65.9 Å². The molecular formula is C23H35N3. The fraction of sp³-hybridized carbons (Fsp3) is 0.478. The largest absolute Gasteiger partial charge is 0.384 e. The Labute approximate surface area is 160 Å². The number of pyridine rings is 1. The molecule has 0 radical (unpaired) electrons. The van der Waals surface area contributed by atoms with Crippen LogP contribution in [0.5, 0.6) is 0 Å². The third kappa shape index (κ3) is 7.81. The molecule has 0 spiro atoms. The van der Waals surface area contributed by atoms with Gasteiger partial charge >= 0.3 is 0 Å². The van der Waals surface area contributed by atoms with Crippen molar-refractivity contribution in [3.8, 4) is 0 Å². The highest BCUT2D eigenvalue weighted by molar-refractivity contribution is 5.98. The molecule has 26 heavy (non-hydrogen) atoms. The van der Waals surface area contributed by atoms with Gasteiger partial charge in [0.2, 0.25) is 0 Å². The molecule has 1 aromatic rings. The van der Waals surface area contributed by atoms with Crippen LogP contribution in [0.15, 0.2) is 65.2 Å². The second kappa shape index (κ2) is 12.2. The number of allylic oxidation sites excluding steroid dienone is 5. The summed E-state index contributed by atoms with van der Waals surface area (Å²) in [6.45, 7) is 15.4. The number of nitrogens with one attached hydrogen (secondary N) is 1. The standard InChI is InChI=1S/C23H35N3/c1-7-11-22(12-8-2)23(26-20(6)18(4)9-3)15-19(5)25-17-21-13-10-14-24-16-21/h9-10,13-16,22,25H,3,7-8,11-12,17H2,1-2,4-6H3/b19-15+,20-18+,26-23+. The van der Waals surface area contributed by atoms with Gasteiger partial charge in [-0.05, 0) is 56.9 Å². The second-order valence-corrected chi connectivity index (χ2v) is 6.83. The summed E-state index contributed by atoms with van der Waals surface area (Å²) in [5, 5.41) is 3.49. The van der Waals surface area contributed by atoms with Crippen molar-refractivity contribution in [2.45, 2.75) is 66.8 Å². The van der Waals surface area contributed by atoms with Crippen molar-refractivity contribution in [2.75, 3.05) is 0 Å². The molecule has 142 valence electrons. The molecule has 1 N–H and O–H groups in total. The molecular weight excluding hydrogens is 318 g/mol. The quantitative estimate of drug-likeness (QED) is 0.379. The van der Waals surface area contributed by atoms with Crippen molar-refractivity contribution < 1.29 is 0 Å². The van der Waals surface area contributed by atoms with Gasteiger partial charge in [-0.1, -0.05) is 45.4 Å². The summed E-state index contributed by atoms with van der Waals surface area (Å²) >= 11 is 0. The number of aliphatic imine (C=N–C) groups is 1. The molecule has 0 atom stereocenters. The van der Waals surface area contributed by atoms with Gasteiger partial charge in [-0.25, -0.2) is 0 Å². The number of nitrogens with zero attached hydrogens (tertiary/aromatic N) is 2. The predicted molar refractivity (Wildman–Crippen MR) is 114 cm³/mol. The summed E-state index contributed by atoms with van der Waals surface area (Å²) in [6, 6.07) is 4.05. The first-order valence-electron chi connectivity index (χ1n) is 9.71. The van der Waals surface area contributed by atoms with Crippen molar-refractivity contribution in [1.29, 1.82) is 0 Å². The average molecular weight is 354 g/mol. The van der Waals surface area contributed by atoms with Gasteiger partial charge in [0.25, 0.3) is 0 Å². The Morgan fingerprint density at radius 1 is 1.23 bits per heavy atom. The number of hydrogen-bond donors (Lipinski definition) is 1. The van der Waals surface area contributed by atoms with E-state index in [1.54, 1.807) is 6.20 Å². The van der Waals surface area contributed by atoms with Gasteiger partial charge in [-0.15, -0.1) is 0 Å². The lowest BCUT2D eigenvalue weighted by Crippen LogP contribution is -2.17. The topological polar surface area (TPSA) is 37.3 Å². The normalized spacial score (nSPS) is 13.6. The van der Waals surface area contributed by atoms with Crippen molar-refractivity contribution in [3.05, 3.63) is 65.8 Å². The first-order chi connectivity index (χ1) is 12.5. The van der Waals surface area contributed by atoms with E-state index in [2.05, 4.69) is 63.6 Å². The van der Waals surface area contributed by atoms with Gasteiger partial charge in [-0.3, -0.25) is 9.98 Å². The molecule has 0 amide bonds. The zero-order valence-electron chi connectivity index (χ0n) is 17.2. The van der Waals surface area contributed by atoms with E-state index in [1.807, 2.05) is 18.3 Å². The molecule has 0 saturated heterocycles. The minimum Gasteiger partial charge on any atom is -0.384 e. The number of aromatic nitrogens is 1. The summed E-state index contributed by atoms with van der Waals surface area (Å²) < 4.78 is 0. The molecule has 0 aliphatic rings. The lowest BCUT2D eigenvalue weighted by Gasteiger charge is -2.18. The maximum absolute atomic E-state index is 4.98. The summed E-state index contributed by atoms with van der Waals surface area (Å²) in [5.41, 5.74) is 5.65. The van der Waals surface area contributed by atoms with E-state index in [9.17, 15) is 0 Å². The predicted octanol–water partition coefficient (Wildman–Crippen LogP) is 6.21. The molecule has 1 rings (SSSR count). The molecule has 0 unspecified atom stereocenters. The summed E-state index contributed by atoms with van der Waals surface area (Å²) in [5.74, 6) is 0.493. The first kappa shape index (κ1) is 21.9. The summed E-state index contributed by atoms with van der Waals surface area (Å²) in [6.07, 6.45) is 12.5. The third-order valence-corrected chi connectivity index (χ3v) is 4.52. The molecule has 0 aliphatic heterocycles. The highest BCUT2D eigenvalue weighted by Gasteiger charge is 2.13. The Morgan fingerprint density at radius 3 is 2.46 bits per heavy atom. The lowest BCUT2D eigenvalue weighted by atomic mass is 9.92.